The topological polar surface area (TPSA) is 20.2 Å². The third kappa shape index (κ3) is 2.98. The second-order valence-electron chi connectivity index (χ2n) is 5.59. The molecule has 0 fully saturated rings. The molecule has 1 atom stereocenters. The molecule has 0 radical (unpaired) electrons. The number of benzene rings is 2. The molecule has 0 heterocycles. The van der Waals surface area contributed by atoms with Gasteiger partial charge in [-0.05, 0) is 67.6 Å². The lowest BCUT2D eigenvalue weighted by molar-refractivity contribution is 0.174. The summed E-state index contributed by atoms with van der Waals surface area (Å²) in [5.41, 5.74) is 4.80. The van der Waals surface area contributed by atoms with Crippen molar-refractivity contribution >= 4 is 0 Å². The fourth-order valence-electron chi connectivity index (χ4n) is 2.77. The van der Waals surface area contributed by atoms with Crippen molar-refractivity contribution in [3.63, 3.8) is 0 Å². The van der Waals surface area contributed by atoms with Crippen LogP contribution in [0.2, 0.25) is 0 Å². The molecule has 2 aromatic rings. The second kappa shape index (κ2) is 5.94. The predicted molar refractivity (Wildman–Crippen MR) is 80.4 cm³/mol. The lowest BCUT2D eigenvalue weighted by Gasteiger charge is -2.20. The summed E-state index contributed by atoms with van der Waals surface area (Å²) in [7, 11) is 0. The predicted octanol–water partition coefficient (Wildman–Crippen LogP) is 4.47. The van der Waals surface area contributed by atoms with Gasteiger partial charge in [-0.25, -0.2) is 8.78 Å². The highest BCUT2D eigenvalue weighted by Gasteiger charge is 2.20. The fraction of sp³-hybridized carbons (Fsp3) is 0.333. The number of halogens is 2. The largest absolute Gasteiger partial charge is 0.388 e. The normalized spacial score (nSPS) is 12.5. The van der Waals surface area contributed by atoms with Crippen LogP contribution in [0.3, 0.4) is 0 Å². The molecule has 0 aliphatic heterocycles. The summed E-state index contributed by atoms with van der Waals surface area (Å²) in [4.78, 5) is 0. The molecule has 1 N–H and O–H groups in total. The summed E-state index contributed by atoms with van der Waals surface area (Å²) >= 11 is 0. The number of aryl methyl sites for hydroxylation is 2. The van der Waals surface area contributed by atoms with E-state index >= 15 is 0 Å². The van der Waals surface area contributed by atoms with Crippen molar-refractivity contribution in [2.24, 2.45) is 0 Å². The zero-order chi connectivity index (χ0) is 15.7. The van der Waals surface area contributed by atoms with Crippen LogP contribution in [0.1, 0.15) is 39.5 Å². The molecule has 0 spiro atoms. The van der Waals surface area contributed by atoms with Gasteiger partial charge in [0.05, 0.1) is 6.10 Å². The first-order valence-electron chi connectivity index (χ1n) is 7.01. The van der Waals surface area contributed by atoms with Gasteiger partial charge in [0.25, 0.3) is 0 Å². The van der Waals surface area contributed by atoms with Gasteiger partial charge in [-0.1, -0.05) is 12.1 Å². The van der Waals surface area contributed by atoms with Crippen LogP contribution in [-0.2, 0) is 6.42 Å². The van der Waals surface area contributed by atoms with Gasteiger partial charge in [-0.2, -0.15) is 0 Å². The minimum Gasteiger partial charge on any atom is -0.388 e. The first kappa shape index (κ1) is 15.6. The third-order valence-electron chi connectivity index (χ3n) is 4.22. The Morgan fingerprint density at radius 1 is 0.952 bits per heavy atom. The maximum Gasteiger partial charge on any atom is 0.129 e. The highest BCUT2D eigenvalue weighted by Crippen LogP contribution is 2.30. The first-order chi connectivity index (χ1) is 9.82. The van der Waals surface area contributed by atoms with Crippen molar-refractivity contribution in [1.29, 1.82) is 0 Å². The van der Waals surface area contributed by atoms with E-state index in [0.29, 0.717) is 0 Å². The summed E-state index contributed by atoms with van der Waals surface area (Å²) in [5.74, 6) is -1.23. The van der Waals surface area contributed by atoms with Crippen LogP contribution in [0, 0.1) is 39.3 Å². The smallest absolute Gasteiger partial charge is 0.129 e. The number of aliphatic hydroxyl groups excluding tert-OH is 1. The maximum atomic E-state index is 13.7. The molecule has 1 unspecified atom stereocenters. The standard InChI is InChI=1S/C18H20F2O/c1-10-8-11(2)13(4)18(12(10)3)17(21)9-14-15(19)6-5-7-16(14)20/h5-8,17,21H,9H2,1-4H3. The Hall–Kier alpha value is -1.74. The third-order valence-corrected chi connectivity index (χ3v) is 4.22. The minimum absolute atomic E-state index is 0.0664. The number of hydrogen-bond acceptors (Lipinski definition) is 1. The van der Waals surface area contributed by atoms with E-state index in [1.807, 2.05) is 27.7 Å². The van der Waals surface area contributed by atoms with E-state index in [2.05, 4.69) is 6.07 Å². The molecule has 0 bridgehead atoms. The Bertz CT molecular complexity index is 631. The molecular weight excluding hydrogens is 270 g/mol. The molecule has 0 aromatic heterocycles. The van der Waals surface area contributed by atoms with Crippen LogP contribution in [0.5, 0.6) is 0 Å². The molecule has 3 heteroatoms. The van der Waals surface area contributed by atoms with Crippen LogP contribution >= 0.6 is 0 Å². The average Bonchev–Trinajstić information content (AvgIpc) is 2.41. The minimum atomic E-state index is -0.921. The van der Waals surface area contributed by atoms with E-state index in [9.17, 15) is 13.9 Å². The van der Waals surface area contributed by atoms with Crippen molar-refractivity contribution in [3.8, 4) is 0 Å². The van der Waals surface area contributed by atoms with E-state index in [4.69, 9.17) is 0 Å². The van der Waals surface area contributed by atoms with Crippen LogP contribution in [0.25, 0.3) is 0 Å². The van der Waals surface area contributed by atoms with E-state index in [1.165, 1.54) is 18.2 Å². The Labute approximate surface area is 124 Å². The van der Waals surface area contributed by atoms with Crippen LogP contribution in [0.15, 0.2) is 24.3 Å². The van der Waals surface area contributed by atoms with Crippen molar-refractivity contribution in [1.82, 2.24) is 0 Å². The van der Waals surface area contributed by atoms with Crippen molar-refractivity contribution < 1.29 is 13.9 Å². The summed E-state index contributed by atoms with van der Waals surface area (Å²) in [6.07, 6.45) is -0.988. The van der Waals surface area contributed by atoms with E-state index in [1.54, 1.807) is 0 Å². The molecule has 0 aliphatic carbocycles. The lowest BCUT2D eigenvalue weighted by atomic mass is 9.88. The number of aliphatic hydroxyl groups is 1. The quantitative estimate of drug-likeness (QED) is 0.884. The molecule has 2 aromatic carbocycles. The van der Waals surface area contributed by atoms with Crippen LogP contribution in [0.4, 0.5) is 8.78 Å². The Balaban J connectivity index is 2.44. The molecule has 21 heavy (non-hydrogen) atoms. The van der Waals surface area contributed by atoms with Gasteiger partial charge in [-0.15, -0.1) is 0 Å². The Morgan fingerprint density at radius 3 is 1.90 bits per heavy atom. The summed E-state index contributed by atoms with van der Waals surface area (Å²) in [6, 6.07) is 5.82. The van der Waals surface area contributed by atoms with Crippen LogP contribution < -0.4 is 0 Å². The Morgan fingerprint density at radius 2 is 1.43 bits per heavy atom. The molecule has 0 amide bonds. The molecule has 0 saturated carbocycles. The molecule has 2 rings (SSSR count). The van der Waals surface area contributed by atoms with Gasteiger partial charge in [0, 0.05) is 12.0 Å². The number of rotatable bonds is 3. The van der Waals surface area contributed by atoms with Crippen molar-refractivity contribution in [2.75, 3.05) is 0 Å². The molecular formula is C18H20F2O. The molecule has 0 saturated heterocycles. The lowest BCUT2D eigenvalue weighted by Crippen LogP contribution is -2.10. The average molecular weight is 290 g/mol. The van der Waals surface area contributed by atoms with Gasteiger partial charge in [0.15, 0.2) is 0 Å². The highest BCUT2D eigenvalue weighted by molar-refractivity contribution is 5.45. The van der Waals surface area contributed by atoms with Gasteiger partial charge in [-0.3, -0.25) is 0 Å². The SMILES string of the molecule is Cc1cc(C)c(C)c(C(O)Cc2c(F)cccc2F)c1C. The Kier molecular flexibility index (Phi) is 4.43. The van der Waals surface area contributed by atoms with E-state index in [-0.39, 0.29) is 12.0 Å². The summed E-state index contributed by atoms with van der Waals surface area (Å²) in [6.45, 7) is 7.80. The summed E-state index contributed by atoms with van der Waals surface area (Å²) in [5, 5.41) is 10.5. The van der Waals surface area contributed by atoms with Gasteiger partial charge >= 0.3 is 0 Å². The van der Waals surface area contributed by atoms with Crippen molar-refractivity contribution in [2.45, 2.75) is 40.2 Å². The summed E-state index contributed by atoms with van der Waals surface area (Å²) < 4.78 is 27.5. The van der Waals surface area contributed by atoms with Crippen molar-refractivity contribution in [3.05, 3.63) is 69.3 Å². The maximum absolute atomic E-state index is 13.7. The zero-order valence-corrected chi connectivity index (χ0v) is 12.8. The van der Waals surface area contributed by atoms with Crippen LogP contribution in [-0.4, -0.2) is 5.11 Å². The second-order valence-corrected chi connectivity index (χ2v) is 5.59. The number of hydrogen-bond donors (Lipinski definition) is 1. The zero-order valence-electron chi connectivity index (χ0n) is 12.8. The molecule has 0 aliphatic rings. The van der Waals surface area contributed by atoms with Gasteiger partial charge in [0.1, 0.15) is 11.6 Å². The highest BCUT2D eigenvalue weighted by atomic mass is 19.1. The molecule has 112 valence electrons. The monoisotopic (exact) mass is 290 g/mol. The molecule has 1 nitrogen and oxygen atoms in total. The fourth-order valence-corrected chi connectivity index (χ4v) is 2.77. The first-order valence-corrected chi connectivity index (χ1v) is 7.01. The van der Waals surface area contributed by atoms with E-state index in [0.717, 1.165) is 27.8 Å². The van der Waals surface area contributed by atoms with Gasteiger partial charge < -0.3 is 5.11 Å². The van der Waals surface area contributed by atoms with Gasteiger partial charge in [0.2, 0.25) is 0 Å². The van der Waals surface area contributed by atoms with E-state index < -0.39 is 17.7 Å².